The van der Waals surface area contributed by atoms with Crippen LogP contribution in [0.4, 0.5) is 5.82 Å². The van der Waals surface area contributed by atoms with E-state index in [1.165, 1.54) is 30.1 Å². The average Bonchev–Trinajstić information content (AvgIpc) is 3.24. The highest BCUT2D eigenvalue weighted by molar-refractivity contribution is 7.15. The Kier molecular flexibility index (Phi) is 7.09. The van der Waals surface area contributed by atoms with Crippen LogP contribution < -0.4 is 17.0 Å². The minimum Gasteiger partial charge on any atom is -0.384 e. The number of benzene rings is 1. The van der Waals surface area contributed by atoms with Crippen LogP contribution in [0.5, 0.6) is 0 Å². The third-order valence-electron chi connectivity index (χ3n) is 5.88. The fourth-order valence-corrected chi connectivity index (χ4v) is 4.71. The van der Waals surface area contributed by atoms with Gasteiger partial charge in [-0.2, -0.15) is 0 Å². The number of thiophene rings is 1. The van der Waals surface area contributed by atoms with Crippen LogP contribution in [0.15, 0.2) is 46.0 Å². The highest BCUT2D eigenvalue weighted by Gasteiger charge is 2.22. The number of aromatic nitrogens is 2. The molecule has 1 aromatic carbocycles. The van der Waals surface area contributed by atoms with Gasteiger partial charge in [0, 0.05) is 30.4 Å². The number of nitrogens with two attached hydrogens (primary N) is 1. The summed E-state index contributed by atoms with van der Waals surface area (Å²) in [5.74, 6) is -0.485. The predicted octanol–water partition coefficient (Wildman–Crippen LogP) is 3.40. The fraction of sp³-hybridized carbons (Fsp3) is 0.400. The zero-order chi connectivity index (χ0) is 24.5. The van der Waals surface area contributed by atoms with Crippen LogP contribution in [0.1, 0.15) is 48.5 Å². The van der Waals surface area contributed by atoms with Gasteiger partial charge in [-0.05, 0) is 35.2 Å². The van der Waals surface area contributed by atoms with E-state index in [1.807, 2.05) is 11.8 Å². The van der Waals surface area contributed by atoms with Crippen LogP contribution in [0, 0.1) is 0 Å². The fourth-order valence-electron chi connectivity index (χ4n) is 3.66. The summed E-state index contributed by atoms with van der Waals surface area (Å²) < 4.78 is 2.04. The first-order chi connectivity index (χ1) is 15.4. The lowest BCUT2D eigenvalue weighted by Gasteiger charge is -2.19. The summed E-state index contributed by atoms with van der Waals surface area (Å²) in [6.45, 7) is 9.82. The summed E-state index contributed by atoms with van der Waals surface area (Å²) in [5.41, 5.74) is 7.17. The number of likely N-dealkylation sites (N-methyl/N-ethyl adjacent to an activating group) is 1. The van der Waals surface area contributed by atoms with E-state index in [9.17, 15) is 14.4 Å². The topological polar surface area (TPSA) is 90.3 Å². The van der Waals surface area contributed by atoms with Crippen LogP contribution in [-0.4, -0.2) is 32.9 Å². The van der Waals surface area contributed by atoms with Crippen LogP contribution in [0.25, 0.3) is 10.4 Å². The zero-order valence-corrected chi connectivity index (χ0v) is 21.0. The molecule has 3 aromatic rings. The van der Waals surface area contributed by atoms with Gasteiger partial charge in [-0.1, -0.05) is 52.0 Å². The number of hydrogen-bond donors (Lipinski definition) is 1. The molecule has 33 heavy (non-hydrogen) atoms. The predicted molar refractivity (Wildman–Crippen MR) is 135 cm³/mol. The largest absolute Gasteiger partial charge is 0.384 e. The molecule has 0 aliphatic carbocycles. The van der Waals surface area contributed by atoms with Gasteiger partial charge in [0.1, 0.15) is 11.4 Å². The van der Waals surface area contributed by atoms with E-state index in [0.29, 0.717) is 13.1 Å². The quantitative estimate of drug-likeness (QED) is 0.537. The smallest absolute Gasteiger partial charge is 0.332 e. The number of carbonyl (C=O) groups excluding carboxylic acids is 1. The molecule has 2 aromatic heterocycles. The lowest BCUT2D eigenvalue weighted by molar-refractivity contribution is 0.0928. The number of rotatable bonds is 7. The first kappa shape index (κ1) is 24.7. The van der Waals surface area contributed by atoms with Crippen LogP contribution in [-0.2, 0) is 26.1 Å². The molecule has 0 fully saturated rings. The van der Waals surface area contributed by atoms with Crippen LogP contribution >= 0.6 is 11.3 Å². The van der Waals surface area contributed by atoms with Crippen molar-refractivity contribution in [2.75, 3.05) is 18.8 Å². The van der Waals surface area contributed by atoms with Gasteiger partial charge in [-0.15, -0.1) is 11.3 Å². The molecule has 0 atom stereocenters. The van der Waals surface area contributed by atoms with Gasteiger partial charge in [0.25, 0.3) is 5.56 Å². The van der Waals surface area contributed by atoms with E-state index in [-0.39, 0.29) is 29.1 Å². The van der Waals surface area contributed by atoms with Crippen molar-refractivity contribution < 1.29 is 4.79 Å². The maximum absolute atomic E-state index is 13.0. The van der Waals surface area contributed by atoms with E-state index in [1.54, 1.807) is 11.3 Å². The monoisotopic (exact) mass is 468 g/mol. The SMILES string of the molecule is CCN(CC(=O)c1c(N)n(C)c(=O)n(C)c1=O)Cc1ccc(-c2ccc(C(C)(C)C)cc2)s1. The van der Waals surface area contributed by atoms with Crippen molar-refractivity contribution >= 4 is 22.9 Å². The number of anilines is 1. The van der Waals surface area contributed by atoms with Gasteiger partial charge in [0.05, 0.1) is 6.54 Å². The third-order valence-corrected chi connectivity index (χ3v) is 7.00. The van der Waals surface area contributed by atoms with Crippen molar-refractivity contribution in [3.05, 3.63) is 73.2 Å². The highest BCUT2D eigenvalue weighted by atomic mass is 32.1. The zero-order valence-electron chi connectivity index (χ0n) is 20.1. The van der Waals surface area contributed by atoms with Gasteiger partial charge >= 0.3 is 5.69 Å². The summed E-state index contributed by atoms with van der Waals surface area (Å²) in [5, 5.41) is 0. The molecule has 0 aliphatic heterocycles. The summed E-state index contributed by atoms with van der Waals surface area (Å²) in [4.78, 5) is 41.7. The van der Waals surface area contributed by atoms with E-state index in [4.69, 9.17) is 5.73 Å². The van der Waals surface area contributed by atoms with Gasteiger partial charge < -0.3 is 5.73 Å². The summed E-state index contributed by atoms with van der Waals surface area (Å²) in [6, 6.07) is 12.8. The van der Waals surface area contributed by atoms with E-state index in [2.05, 4.69) is 57.2 Å². The van der Waals surface area contributed by atoms with Crippen molar-refractivity contribution in [2.24, 2.45) is 14.1 Å². The van der Waals surface area contributed by atoms with Gasteiger partial charge in [0.2, 0.25) is 0 Å². The van der Waals surface area contributed by atoms with Gasteiger partial charge in [-0.25, -0.2) is 4.79 Å². The third kappa shape index (κ3) is 5.17. The van der Waals surface area contributed by atoms with Crippen molar-refractivity contribution in [1.29, 1.82) is 0 Å². The molecule has 0 saturated carbocycles. The Labute approximate surface area is 198 Å². The number of Topliss-reactive ketones (excluding diaryl/α,β-unsaturated/α-hetero) is 1. The second-order valence-corrected chi connectivity index (χ2v) is 10.5. The Morgan fingerprint density at radius 2 is 1.67 bits per heavy atom. The molecule has 3 rings (SSSR count). The summed E-state index contributed by atoms with van der Waals surface area (Å²) in [6.07, 6.45) is 0. The molecule has 0 unspecified atom stereocenters. The standard InChI is InChI=1S/C25H32N4O3S/c1-7-29(15-19(30)21-22(26)27(5)24(32)28(6)23(21)31)14-18-12-13-20(33-18)16-8-10-17(11-9-16)25(2,3)4/h8-13H,7,14-15,26H2,1-6H3. The first-order valence-electron chi connectivity index (χ1n) is 10.9. The molecule has 7 nitrogen and oxygen atoms in total. The summed E-state index contributed by atoms with van der Waals surface area (Å²) >= 11 is 1.69. The number of nitrogen functional groups attached to an aromatic ring is 1. The highest BCUT2D eigenvalue weighted by Crippen LogP contribution is 2.31. The molecule has 0 bridgehead atoms. The molecule has 0 saturated heterocycles. The number of carbonyl (C=O) groups is 1. The Bertz CT molecular complexity index is 1280. The number of hydrogen-bond acceptors (Lipinski definition) is 6. The maximum Gasteiger partial charge on any atom is 0.332 e. The first-order valence-corrected chi connectivity index (χ1v) is 11.8. The Morgan fingerprint density at radius 3 is 2.24 bits per heavy atom. The normalized spacial score (nSPS) is 11.8. The number of ketones is 1. The molecule has 2 heterocycles. The van der Waals surface area contributed by atoms with E-state index < -0.39 is 11.2 Å². The van der Waals surface area contributed by atoms with Crippen LogP contribution in [0.3, 0.4) is 0 Å². The number of nitrogens with zero attached hydrogens (tertiary/aromatic N) is 3. The molecule has 8 heteroatoms. The molecule has 176 valence electrons. The van der Waals surface area contributed by atoms with Crippen molar-refractivity contribution in [2.45, 2.75) is 39.7 Å². The van der Waals surface area contributed by atoms with E-state index >= 15 is 0 Å². The minimum absolute atomic E-state index is 0.0433. The Morgan fingerprint density at radius 1 is 1.03 bits per heavy atom. The van der Waals surface area contributed by atoms with Gasteiger partial charge in [0.15, 0.2) is 5.78 Å². The maximum atomic E-state index is 13.0. The minimum atomic E-state index is -0.659. The second kappa shape index (κ2) is 9.49. The molecule has 0 aliphatic rings. The Hall–Kier alpha value is -2.97. The van der Waals surface area contributed by atoms with Crippen molar-refractivity contribution in [3.63, 3.8) is 0 Å². The van der Waals surface area contributed by atoms with Crippen molar-refractivity contribution in [3.8, 4) is 10.4 Å². The lowest BCUT2D eigenvalue weighted by atomic mass is 9.86. The lowest BCUT2D eigenvalue weighted by Crippen LogP contribution is -2.43. The second-order valence-electron chi connectivity index (χ2n) is 9.29. The van der Waals surface area contributed by atoms with Crippen LogP contribution in [0.2, 0.25) is 0 Å². The molecule has 0 amide bonds. The molecule has 0 radical (unpaired) electrons. The Balaban J connectivity index is 1.77. The molecular formula is C25H32N4O3S. The molecule has 2 N–H and O–H groups in total. The van der Waals surface area contributed by atoms with E-state index in [0.717, 1.165) is 14.0 Å². The molecular weight excluding hydrogens is 436 g/mol. The van der Waals surface area contributed by atoms with Crippen molar-refractivity contribution in [1.82, 2.24) is 14.0 Å². The van der Waals surface area contributed by atoms with Gasteiger partial charge in [-0.3, -0.25) is 23.6 Å². The molecule has 0 spiro atoms. The average molecular weight is 469 g/mol. The summed E-state index contributed by atoms with van der Waals surface area (Å²) in [7, 11) is 2.80.